The molecule has 3 heterocycles. The molecule has 0 atom stereocenters. The predicted octanol–water partition coefficient (Wildman–Crippen LogP) is 6.04. The molecule has 6 rings (SSSR count). The Bertz CT molecular complexity index is 1810. The zero-order valence-electron chi connectivity index (χ0n) is 33.5. The quantitative estimate of drug-likeness (QED) is 0.174. The minimum Gasteiger partial charge on any atom is -0.507 e. The first kappa shape index (κ1) is 40.7. The maximum absolute atomic E-state index is 12.1. The number of hydrogen-bond acceptors (Lipinski definition) is 10. The number of likely N-dealkylation sites (N-methyl/N-ethyl adjacent to an activating group) is 1. The monoisotopic (exact) mass is 757 g/mol. The van der Waals surface area contributed by atoms with Crippen molar-refractivity contribution in [1.29, 1.82) is 0 Å². The molecule has 12 heteroatoms. The molecule has 3 aliphatic heterocycles. The number of nitro groups is 1. The van der Waals surface area contributed by atoms with E-state index >= 15 is 0 Å². The Hall–Kier alpha value is -3.91. The fourth-order valence-electron chi connectivity index (χ4n) is 8.68. The maximum Gasteiger partial charge on any atom is 0.270 e. The summed E-state index contributed by atoms with van der Waals surface area (Å²) >= 11 is 0. The lowest BCUT2D eigenvalue weighted by Crippen LogP contribution is -2.48. The fraction of sp³-hybridized carbons (Fsp3) is 0.535. The third-order valence-corrected chi connectivity index (χ3v) is 11.5. The van der Waals surface area contributed by atoms with E-state index in [0.29, 0.717) is 96.5 Å². The molecule has 3 aromatic carbocycles. The van der Waals surface area contributed by atoms with E-state index in [1.807, 2.05) is 6.07 Å². The average Bonchev–Trinajstić information content (AvgIpc) is 3.49. The topological polar surface area (TPSA) is 113 Å². The van der Waals surface area contributed by atoms with Crippen molar-refractivity contribution in [3.05, 3.63) is 99.2 Å². The Kier molecular flexibility index (Phi) is 13.3. The molecule has 0 spiro atoms. The van der Waals surface area contributed by atoms with Crippen molar-refractivity contribution in [2.45, 2.75) is 57.9 Å². The van der Waals surface area contributed by atoms with Crippen molar-refractivity contribution in [3.8, 4) is 5.75 Å². The number of fused-ring (bicyclic) bond motifs is 2. The SMILES string of the molecule is CN1[C](N2CCOCCOCCN(Cc3cc([N+](=O)[O-])cc(CCC4=[N+](C)c5ccccc5C4(C)C)c3O)CCOCCOCC2)C(C)(C)c2ccccc21. The van der Waals surface area contributed by atoms with Crippen LogP contribution < -0.4 is 4.90 Å². The molecule has 1 fully saturated rings. The number of anilines is 1. The summed E-state index contributed by atoms with van der Waals surface area (Å²) in [5, 5.41) is 23.6. The van der Waals surface area contributed by atoms with Crippen molar-refractivity contribution in [2.24, 2.45) is 0 Å². The highest BCUT2D eigenvalue weighted by Crippen LogP contribution is 2.49. The first-order valence-corrected chi connectivity index (χ1v) is 19.6. The largest absolute Gasteiger partial charge is 0.507 e. The summed E-state index contributed by atoms with van der Waals surface area (Å²) < 4.78 is 26.3. The Labute approximate surface area is 326 Å². The van der Waals surface area contributed by atoms with Gasteiger partial charge in [-0.2, -0.15) is 0 Å². The lowest BCUT2D eigenvalue weighted by atomic mass is 9.79. The van der Waals surface area contributed by atoms with Crippen LogP contribution in [0.25, 0.3) is 0 Å². The molecule has 0 amide bonds. The molecule has 3 aliphatic rings. The number of rotatable bonds is 7. The number of nitrogens with zero attached hydrogens (tertiary/aromatic N) is 5. The Morgan fingerprint density at radius 3 is 1.87 bits per heavy atom. The molecule has 1 saturated heterocycles. The standard InChI is InChI=1S/C43H58N5O7/c1-42(2)35-11-7-9-13-37(35)44(5)39(42)16-15-32-29-34(48(50)51)30-33(40(32)49)31-46-17-21-52-25-27-54-23-19-47(20-24-55-28-26-53-22-18-46)41-43(3,4)36-12-8-10-14-38(36)45(41)6/h7-14,29-30H,15-28,31H2,1-6H3/p+1. The summed E-state index contributed by atoms with van der Waals surface area (Å²) in [5.74, 6) is 0.105. The van der Waals surface area contributed by atoms with Crippen LogP contribution in [0.4, 0.5) is 17.1 Å². The zero-order valence-corrected chi connectivity index (χ0v) is 33.5. The molecule has 3 aromatic rings. The van der Waals surface area contributed by atoms with Crippen LogP contribution in [0, 0.1) is 16.3 Å². The van der Waals surface area contributed by atoms with Crippen molar-refractivity contribution in [1.82, 2.24) is 9.80 Å². The van der Waals surface area contributed by atoms with Crippen molar-refractivity contribution in [2.75, 3.05) is 98.0 Å². The molecule has 297 valence electrons. The molecule has 1 radical (unpaired) electrons. The predicted molar refractivity (Wildman–Crippen MR) is 215 cm³/mol. The van der Waals surface area contributed by atoms with Gasteiger partial charge in [0, 0.05) is 92.2 Å². The van der Waals surface area contributed by atoms with Crippen LogP contribution >= 0.6 is 0 Å². The summed E-state index contributed by atoms with van der Waals surface area (Å²) in [4.78, 5) is 18.5. The Morgan fingerprint density at radius 1 is 0.745 bits per heavy atom. The van der Waals surface area contributed by atoms with Gasteiger partial charge in [0.2, 0.25) is 5.69 Å². The number of aromatic hydroxyl groups is 1. The summed E-state index contributed by atoms with van der Waals surface area (Å²) in [7, 11) is 4.20. The van der Waals surface area contributed by atoms with Crippen molar-refractivity contribution < 1.29 is 33.6 Å². The molecule has 12 nitrogen and oxygen atoms in total. The number of non-ortho nitro benzene ring substituents is 1. The summed E-state index contributed by atoms with van der Waals surface area (Å²) in [6.45, 7) is 15.7. The molecular weight excluding hydrogens is 699 g/mol. The van der Waals surface area contributed by atoms with Crippen LogP contribution in [-0.4, -0.2) is 123 Å². The number of hydrogen-bond donors (Lipinski definition) is 1. The van der Waals surface area contributed by atoms with E-state index in [-0.39, 0.29) is 27.2 Å². The van der Waals surface area contributed by atoms with Crippen LogP contribution in [0.5, 0.6) is 5.75 Å². The highest BCUT2D eigenvalue weighted by Gasteiger charge is 2.47. The highest BCUT2D eigenvalue weighted by atomic mass is 16.6. The zero-order chi connectivity index (χ0) is 39.2. The maximum atomic E-state index is 12.1. The normalized spacial score (nSPS) is 20.9. The Morgan fingerprint density at radius 2 is 1.29 bits per heavy atom. The van der Waals surface area contributed by atoms with Gasteiger partial charge in [0.05, 0.1) is 63.2 Å². The minimum atomic E-state index is -0.379. The van der Waals surface area contributed by atoms with Gasteiger partial charge >= 0.3 is 0 Å². The van der Waals surface area contributed by atoms with Gasteiger partial charge in [-0.05, 0) is 31.9 Å². The van der Waals surface area contributed by atoms with Gasteiger partial charge in [-0.15, -0.1) is 0 Å². The van der Waals surface area contributed by atoms with Gasteiger partial charge < -0.3 is 29.0 Å². The molecular formula is C43H59N5O7+. The highest BCUT2D eigenvalue weighted by molar-refractivity contribution is 5.95. The van der Waals surface area contributed by atoms with E-state index in [0.717, 1.165) is 13.1 Å². The Balaban J connectivity index is 1.07. The number of ether oxygens (including phenoxy) is 4. The van der Waals surface area contributed by atoms with Gasteiger partial charge in [0.15, 0.2) is 5.71 Å². The number of nitro benzene ring substituents is 1. The molecule has 0 aromatic heterocycles. The van der Waals surface area contributed by atoms with Crippen molar-refractivity contribution >= 4 is 22.8 Å². The first-order valence-electron chi connectivity index (χ1n) is 19.6. The molecule has 55 heavy (non-hydrogen) atoms. The van der Waals surface area contributed by atoms with E-state index in [2.05, 4.69) is 104 Å². The molecule has 0 bridgehead atoms. The van der Waals surface area contributed by atoms with Crippen LogP contribution in [0.1, 0.15) is 56.4 Å². The van der Waals surface area contributed by atoms with Crippen LogP contribution in [-0.2, 0) is 42.7 Å². The molecule has 0 saturated carbocycles. The van der Waals surface area contributed by atoms with Crippen LogP contribution in [0.15, 0.2) is 60.7 Å². The second-order valence-corrected chi connectivity index (χ2v) is 15.8. The lowest BCUT2D eigenvalue weighted by Gasteiger charge is -2.40. The second-order valence-electron chi connectivity index (χ2n) is 15.8. The van der Waals surface area contributed by atoms with E-state index in [1.165, 1.54) is 46.5 Å². The average molecular weight is 758 g/mol. The van der Waals surface area contributed by atoms with Gasteiger partial charge in [-0.3, -0.25) is 19.9 Å². The summed E-state index contributed by atoms with van der Waals surface area (Å²) in [6.07, 6.45) is 2.37. The number of aryl methyl sites for hydroxylation is 1. The van der Waals surface area contributed by atoms with E-state index in [4.69, 9.17) is 18.9 Å². The van der Waals surface area contributed by atoms with Crippen molar-refractivity contribution in [3.63, 3.8) is 0 Å². The molecule has 1 N–H and O–H groups in total. The van der Waals surface area contributed by atoms with Gasteiger partial charge in [0.1, 0.15) is 19.0 Å². The van der Waals surface area contributed by atoms with E-state index < -0.39 is 0 Å². The van der Waals surface area contributed by atoms with Gasteiger partial charge in [-0.1, -0.05) is 50.2 Å². The molecule has 0 unspecified atom stereocenters. The number of para-hydroxylation sites is 2. The van der Waals surface area contributed by atoms with Gasteiger partial charge in [-0.25, -0.2) is 4.58 Å². The third-order valence-electron chi connectivity index (χ3n) is 11.5. The number of benzene rings is 3. The van der Waals surface area contributed by atoms with Gasteiger partial charge in [0.25, 0.3) is 5.69 Å². The lowest BCUT2D eigenvalue weighted by molar-refractivity contribution is -0.404. The number of phenols is 1. The third kappa shape index (κ3) is 9.06. The fourth-order valence-corrected chi connectivity index (χ4v) is 8.68. The smallest absolute Gasteiger partial charge is 0.270 e. The first-order chi connectivity index (χ1) is 26.4. The minimum absolute atomic E-state index is 0.0250. The van der Waals surface area contributed by atoms with E-state index in [9.17, 15) is 15.2 Å². The van der Waals surface area contributed by atoms with Crippen LogP contribution in [0.3, 0.4) is 0 Å². The van der Waals surface area contributed by atoms with Crippen LogP contribution in [0.2, 0.25) is 0 Å². The number of phenolic OH excluding ortho intramolecular Hbond substituents is 1. The summed E-state index contributed by atoms with van der Waals surface area (Å²) in [6, 6.07) is 20.0. The summed E-state index contributed by atoms with van der Waals surface area (Å²) in [5.41, 5.74) is 6.90. The molecule has 0 aliphatic carbocycles. The van der Waals surface area contributed by atoms with E-state index in [1.54, 1.807) is 0 Å². The second kappa shape index (κ2) is 17.9.